The molecule has 3 aliphatic heterocycles. The lowest BCUT2D eigenvalue weighted by Gasteiger charge is -2.38. The molecule has 0 unspecified atom stereocenters. The van der Waals surface area contributed by atoms with Crippen molar-refractivity contribution in [3.05, 3.63) is 75.8 Å². The lowest BCUT2D eigenvalue weighted by Crippen LogP contribution is -2.48. The number of urea groups is 1. The van der Waals surface area contributed by atoms with Gasteiger partial charge in [-0.05, 0) is 63.1 Å². The number of amides is 3. The van der Waals surface area contributed by atoms with E-state index in [-0.39, 0.29) is 18.0 Å². The molecule has 1 aromatic heterocycles. The van der Waals surface area contributed by atoms with Crippen molar-refractivity contribution in [1.29, 1.82) is 0 Å². The van der Waals surface area contributed by atoms with Crippen molar-refractivity contribution < 1.29 is 14.7 Å². The molecule has 3 amide bonds. The fourth-order valence-corrected chi connectivity index (χ4v) is 7.36. The van der Waals surface area contributed by atoms with Gasteiger partial charge < -0.3 is 25.1 Å². The molecule has 8 nitrogen and oxygen atoms in total. The van der Waals surface area contributed by atoms with Crippen LogP contribution in [0.25, 0.3) is 0 Å². The topological polar surface area (TPSA) is 89.0 Å². The highest BCUT2D eigenvalue weighted by molar-refractivity contribution is 7.17. The van der Waals surface area contributed by atoms with Crippen LogP contribution in [0.2, 0.25) is 0 Å². The van der Waals surface area contributed by atoms with Gasteiger partial charge in [0.1, 0.15) is 4.88 Å². The molecule has 2 aromatic carbocycles. The molecule has 2 fully saturated rings. The number of rotatable bonds is 4. The van der Waals surface area contributed by atoms with Crippen LogP contribution in [0.1, 0.15) is 57.7 Å². The number of hydrogen-bond donors (Lipinski definition) is 2. The Hall–Kier alpha value is -3.43. The van der Waals surface area contributed by atoms with E-state index in [2.05, 4.69) is 16.3 Å². The van der Waals surface area contributed by atoms with Gasteiger partial charge in [-0.25, -0.2) is 9.78 Å². The SMILES string of the molecule is Cc1cccc(C2(O)CCN(C(=O)c3sc(N4CCC(N5CCc6ccccc6NC5=O)CC4)nc3C)CC2)c1. The van der Waals surface area contributed by atoms with Crippen molar-refractivity contribution in [1.82, 2.24) is 14.8 Å². The summed E-state index contributed by atoms with van der Waals surface area (Å²) in [5.41, 5.74) is 4.02. The number of carbonyl (C=O) groups excluding carboxylic acids is 2. The summed E-state index contributed by atoms with van der Waals surface area (Å²) in [5, 5.41) is 15.2. The smallest absolute Gasteiger partial charge is 0.322 e. The van der Waals surface area contributed by atoms with Crippen molar-refractivity contribution >= 4 is 34.1 Å². The van der Waals surface area contributed by atoms with Gasteiger partial charge in [-0.2, -0.15) is 0 Å². The van der Waals surface area contributed by atoms with Gasteiger partial charge in [0.2, 0.25) is 0 Å². The fraction of sp³-hybridized carbons (Fsp3) is 0.452. The monoisotopic (exact) mass is 559 g/mol. The Bertz CT molecular complexity index is 1410. The van der Waals surface area contributed by atoms with E-state index >= 15 is 0 Å². The zero-order valence-electron chi connectivity index (χ0n) is 23.2. The van der Waals surface area contributed by atoms with Crippen molar-refractivity contribution in [3.8, 4) is 0 Å². The average Bonchev–Trinajstić information content (AvgIpc) is 3.27. The molecule has 9 heteroatoms. The molecule has 0 spiro atoms. The molecular weight excluding hydrogens is 522 g/mol. The quantitative estimate of drug-likeness (QED) is 0.473. The van der Waals surface area contributed by atoms with E-state index in [4.69, 9.17) is 4.98 Å². The zero-order valence-corrected chi connectivity index (χ0v) is 24.0. The van der Waals surface area contributed by atoms with E-state index in [9.17, 15) is 14.7 Å². The van der Waals surface area contributed by atoms with Crippen LogP contribution in [0.15, 0.2) is 48.5 Å². The van der Waals surface area contributed by atoms with Crippen LogP contribution in [0, 0.1) is 13.8 Å². The van der Waals surface area contributed by atoms with Gasteiger partial charge in [0.05, 0.1) is 11.3 Å². The minimum atomic E-state index is -0.895. The summed E-state index contributed by atoms with van der Waals surface area (Å²) < 4.78 is 0. The van der Waals surface area contributed by atoms with Gasteiger partial charge in [-0.1, -0.05) is 59.4 Å². The first kappa shape index (κ1) is 26.8. The predicted molar refractivity (Wildman–Crippen MR) is 158 cm³/mol. The maximum Gasteiger partial charge on any atom is 0.322 e. The number of carbonyl (C=O) groups is 2. The summed E-state index contributed by atoms with van der Waals surface area (Å²) in [6.45, 7) is 7.29. The van der Waals surface area contributed by atoms with Gasteiger partial charge in [0.15, 0.2) is 5.13 Å². The number of fused-ring (bicyclic) bond motifs is 1. The molecule has 4 heterocycles. The molecule has 3 aromatic rings. The molecule has 3 aliphatic rings. The van der Waals surface area contributed by atoms with Crippen LogP contribution < -0.4 is 10.2 Å². The van der Waals surface area contributed by atoms with Crippen molar-refractivity contribution in [2.75, 3.05) is 42.9 Å². The Morgan fingerprint density at radius 2 is 1.77 bits per heavy atom. The van der Waals surface area contributed by atoms with E-state index in [1.165, 1.54) is 16.9 Å². The van der Waals surface area contributed by atoms with Crippen LogP contribution in [0.5, 0.6) is 0 Å². The van der Waals surface area contributed by atoms with Gasteiger partial charge >= 0.3 is 6.03 Å². The number of piperidine rings is 2. The van der Waals surface area contributed by atoms with E-state index in [0.29, 0.717) is 30.8 Å². The van der Waals surface area contributed by atoms with Gasteiger partial charge in [0.25, 0.3) is 5.91 Å². The Morgan fingerprint density at radius 1 is 1.02 bits per heavy atom. The predicted octanol–water partition coefficient (Wildman–Crippen LogP) is 4.94. The van der Waals surface area contributed by atoms with Crippen molar-refractivity contribution in [2.24, 2.45) is 0 Å². The summed E-state index contributed by atoms with van der Waals surface area (Å²) in [7, 11) is 0. The van der Waals surface area contributed by atoms with E-state index in [1.54, 1.807) is 0 Å². The van der Waals surface area contributed by atoms with Crippen LogP contribution in [0.4, 0.5) is 15.6 Å². The summed E-state index contributed by atoms with van der Waals surface area (Å²) >= 11 is 1.47. The maximum atomic E-state index is 13.5. The number of nitrogens with one attached hydrogen (secondary N) is 1. The van der Waals surface area contributed by atoms with Crippen molar-refractivity contribution in [3.63, 3.8) is 0 Å². The van der Waals surface area contributed by atoms with Crippen LogP contribution in [0.3, 0.4) is 0 Å². The molecule has 210 valence electrons. The second kappa shape index (κ2) is 10.9. The minimum Gasteiger partial charge on any atom is -0.385 e. The average molecular weight is 560 g/mol. The molecule has 0 atom stereocenters. The molecule has 40 heavy (non-hydrogen) atoms. The number of thiazole rings is 1. The lowest BCUT2D eigenvalue weighted by atomic mass is 9.84. The Balaban J connectivity index is 1.06. The molecule has 0 saturated carbocycles. The fourth-order valence-electron chi connectivity index (χ4n) is 6.27. The summed E-state index contributed by atoms with van der Waals surface area (Å²) in [5.74, 6) is 0.00299. The summed E-state index contributed by atoms with van der Waals surface area (Å²) in [6, 6.07) is 16.2. The third kappa shape index (κ3) is 5.20. The third-order valence-electron chi connectivity index (χ3n) is 8.73. The zero-order chi connectivity index (χ0) is 27.9. The van der Waals surface area contributed by atoms with Gasteiger partial charge in [0, 0.05) is 44.5 Å². The first-order chi connectivity index (χ1) is 19.3. The molecule has 6 rings (SSSR count). The number of aryl methyl sites for hydroxylation is 2. The number of anilines is 2. The molecular formula is C31H37N5O3S. The second-order valence-corrected chi connectivity index (χ2v) is 12.3. The van der Waals surface area contributed by atoms with E-state index < -0.39 is 5.60 Å². The highest BCUT2D eigenvalue weighted by Gasteiger charge is 2.37. The van der Waals surface area contributed by atoms with Gasteiger partial charge in [-0.3, -0.25) is 4.79 Å². The van der Waals surface area contributed by atoms with E-state index in [0.717, 1.165) is 66.5 Å². The number of hydrogen-bond acceptors (Lipinski definition) is 6. The Morgan fingerprint density at radius 3 is 2.52 bits per heavy atom. The number of para-hydroxylation sites is 1. The number of aromatic nitrogens is 1. The molecule has 0 radical (unpaired) electrons. The van der Waals surface area contributed by atoms with Gasteiger partial charge in [-0.15, -0.1) is 0 Å². The number of aliphatic hydroxyl groups is 1. The lowest BCUT2D eigenvalue weighted by molar-refractivity contribution is -0.0211. The molecule has 0 bridgehead atoms. The first-order valence-corrected chi connectivity index (χ1v) is 15.1. The normalized spacial score (nSPS) is 19.7. The Kier molecular flexibility index (Phi) is 7.27. The molecule has 2 N–H and O–H groups in total. The maximum absolute atomic E-state index is 13.5. The number of nitrogens with zero attached hydrogens (tertiary/aromatic N) is 4. The standard InChI is InChI=1S/C31H37N5O3S/c1-21-6-5-8-24(20-21)31(39)13-18-34(19-14-31)28(37)27-22(2)32-30(40-27)35-15-11-25(12-16-35)36-17-10-23-7-3-4-9-26(23)33-29(36)38/h3-9,20,25,39H,10-19H2,1-2H3,(H,33,38). The van der Waals surface area contributed by atoms with Crippen LogP contribution in [-0.4, -0.2) is 70.6 Å². The summed E-state index contributed by atoms with van der Waals surface area (Å²) in [6.07, 6.45) is 3.64. The highest BCUT2D eigenvalue weighted by Crippen LogP contribution is 2.36. The minimum absolute atomic E-state index is 0.00299. The molecule has 0 aliphatic carbocycles. The largest absolute Gasteiger partial charge is 0.385 e. The number of likely N-dealkylation sites (tertiary alicyclic amines) is 1. The van der Waals surface area contributed by atoms with Crippen LogP contribution in [-0.2, 0) is 12.0 Å². The Labute approximate surface area is 239 Å². The first-order valence-electron chi connectivity index (χ1n) is 14.3. The van der Waals surface area contributed by atoms with Crippen molar-refractivity contribution in [2.45, 2.75) is 57.6 Å². The van der Waals surface area contributed by atoms with E-state index in [1.807, 2.05) is 66.1 Å². The number of benzene rings is 2. The molecule has 2 saturated heterocycles. The van der Waals surface area contributed by atoms with Crippen LogP contribution >= 0.6 is 11.3 Å². The second-order valence-electron chi connectivity index (χ2n) is 11.4. The highest BCUT2D eigenvalue weighted by atomic mass is 32.1. The third-order valence-corrected chi connectivity index (χ3v) is 9.94. The summed E-state index contributed by atoms with van der Waals surface area (Å²) in [4.78, 5) is 38.0.